The standard InChI is InChI=1S/C16H18N2O4S/c19-16(20)14-7-4-8-15(18-14)17-10-12-23(21,22)11-9-13-5-2-1-3-6-13/h1-8H,9-12H2,(H,17,18)(H,19,20). The van der Waals surface area contributed by atoms with E-state index in [0.717, 1.165) is 5.56 Å². The summed E-state index contributed by atoms with van der Waals surface area (Å²) in [5.41, 5.74) is 0.904. The van der Waals surface area contributed by atoms with Gasteiger partial charge in [-0.3, -0.25) is 0 Å². The van der Waals surface area contributed by atoms with Crippen molar-refractivity contribution < 1.29 is 18.3 Å². The molecule has 0 unspecified atom stereocenters. The van der Waals surface area contributed by atoms with Crippen LogP contribution in [0.15, 0.2) is 48.5 Å². The first-order chi connectivity index (χ1) is 11.0. The van der Waals surface area contributed by atoms with Crippen molar-refractivity contribution in [3.63, 3.8) is 0 Å². The first-order valence-corrected chi connectivity index (χ1v) is 8.97. The molecule has 23 heavy (non-hydrogen) atoms. The van der Waals surface area contributed by atoms with Crippen molar-refractivity contribution in [1.82, 2.24) is 4.98 Å². The molecule has 0 amide bonds. The third-order valence-corrected chi connectivity index (χ3v) is 4.88. The van der Waals surface area contributed by atoms with Crippen LogP contribution in [0.3, 0.4) is 0 Å². The summed E-state index contributed by atoms with van der Waals surface area (Å²) in [6.45, 7) is 0.188. The van der Waals surface area contributed by atoms with Crippen molar-refractivity contribution in [3.8, 4) is 0 Å². The van der Waals surface area contributed by atoms with Crippen molar-refractivity contribution in [2.45, 2.75) is 6.42 Å². The Labute approximate surface area is 135 Å². The number of sulfone groups is 1. The topological polar surface area (TPSA) is 96.4 Å². The number of hydrogen-bond donors (Lipinski definition) is 2. The number of rotatable bonds is 8. The lowest BCUT2D eigenvalue weighted by Gasteiger charge is -2.07. The first-order valence-electron chi connectivity index (χ1n) is 7.15. The Bertz CT molecular complexity index is 761. The predicted molar refractivity (Wildman–Crippen MR) is 88.5 cm³/mol. The van der Waals surface area contributed by atoms with Gasteiger partial charge in [-0.15, -0.1) is 0 Å². The van der Waals surface area contributed by atoms with Gasteiger partial charge < -0.3 is 10.4 Å². The molecule has 2 N–H and O–H groups in total. The summed E-state index contributed by atoms with van der Waals surface area (Å²) in [6.07, 6.45) is 0.482. The van der Waals surface area contributed by atoms with Crippen molar-refractivity contribution in [1.29, 1.82) is 0 Å². The van der Waals surface area contributed by atoms with E-state index in [1.807, 2.05) is 30.3 Å². The van der Waals surface area contributed by atoms with Crippen LogP contribution in [-0.4, -0.2) is 42.5 Å². The van der Waals surface area contributed by atoms with Crippen LogP contribution >= 0.6 is 0 Å². The molecular formula is C16H18N2O4S. The number of aromatic carboxylic acids is 1. The first kappa shape index (κ1) is 17.0. The summed E-state index contributed by atoms with van der Waals surface area (Å²) >= 11 is 0. The van der Waals surface area contributed by atoms with E-state index in [1.54, 1.807) is 12.1 Å². The SMILES string of the molecule is O=C(O)c1cccc(NCCS(=O)(=O)CCc2ccccc2)n1. The molecule has 0 bridgehead atoms. The number of carbonyl (C=O) groups is 1. The zero-order valence-corrected chi connectivity index (χ0v) is 13.3. The maximum atomic E-state index is 12.0. The van der Waals surface area contributed by atoms with Crippen LogP contribution in [0, 0.1) is 0 Å². The third kappa shape index (κ3) is 5.71. The molecule has 6 nitrogen and oxygen atoms in total. The van der Waals surface area contributed by atoms with Gasteiger partial charge in [0.15, 0.2) is 15.5 Å². The molecule has 2 rings (SSSR count). The largest absolute Gasteiger partial charge is 0.477 e. The number of carboxylic acid groups (broad SMARTS) is 1. The van der Waals surface area contributed by atoms with Gasteiger partial charge in [0.2, 0.25) is 0 Å². The molecule has 1 aromatic carbocycles. The van der Waals surface area contributed by atoms with Gasteiger partial charge in [0.25, 0.3) is 0 Å². The second-order valence-electron chi connectivity index (χ2n) is 5.03. The Morgan fingerprint density at radius 2 is 1.78 bits per heavy atom. The molecule has 1 aromatic heterocycles. The summed E-state index contributed by atoms with van der Waals surface area (Å²) in [7, 11) is -3.18. The molecule has 7 heteroatoms. The lowest BCUT2D eigenvalue weighted by atomic mass is 10.2. The lowest BCUT2D eigenvalue weighted by Crippen LogP contribution is -2.20. The van der Waals surface area contributed by atoms with E-state index in [4.69, 9.17) is 5.11 Å². The van der Waals surface area contributed by atoms with Crippen LogP contribution in [0.1, 0.15) is 16.1 Å². The molecule has 0 saturated heterocycles. The Morgan fingerprint density at radius 1 is 1.04 bits per heavy atom. The van der Waals surface area contributed by atoms with Crippen LogP contribution in [-0.2, 0) is 16.3 Å². The van der Waals surface area contributed by atoms with Crippen molar-refractivity contribution in [2.24, 2.45) is 0 Å². The molecule has 2 aromatic rings. The minimum absolute atomic E-state index is 0.0290. The predicted octanol–water partition coefficient (Wildman–Crippen LogP) is 1.85. The fraction of sp³-hybridized carbons (Fsp3) is 0.250. The van der Waals surface area contributed by atoms with E-state index in [9.17, 15) is 13.2 Å². The Hall–Kier alpha value is -2.41. The number of hydrogen-bond acceptors (Lipinski definition) is 5. The highest BCUT2D eigenvalue weighted by molar-refractivity contribution is 7.91. The summed E-state index contributed by atoms with van der Waals surface area (Å²) in [5.74, 6) is -0.715. The van der Waals surface area contributed by atoms with E-state index in [0.29, 0.717) is 12.2 Å². The second-order valence-corrected chi connectivity index (χ2v) is 7.33. The molecule has 0 aliphatic carbocycles. The summed E-state index contributed by atoms with van der Waals surface area (Å²) in [6, 6.07) is 14.0. The molecule has 0 aliphatic heterocycles. The summed E-state index contributed by atoms with van der Waals surface area (Å²) < 4.78 is 24.0. The number of aromatic nitrogens is 1. The number of nitrogens with zero attached hydrogens (tertiary/aromatic N) is 1. The number of nitrogens with one attached hydrogen (secondary N) is 1. The fourth-order valence-corrected chi connectivity index (χ4v) is 3.17. The average molecular weight is 334 g/mol. The van der Waals surface area contributed by atoms with Gasteiger partial charge >= 0.3 is 5.97 Å². The zero-order chi connectivity index (χ0) is 16.7. The fourth-order valence-electron chi connectivity index (χ4n) is 2.01. The normalized spacial score (nSPS) is 11.1. The van der Waals surface area contributed by atoms with Crippen LogP contribution in [0.25, 0.3) is 0 Å². The van der Waals surface area contributed by atoms with E-state index >= 15 is 0 Å². The van der Waals surface area contributed by atoms with Crippen LogP contribution < -0.4 is 5.32 Å². The number of pyridine rings is 1. The van der Waals surface area contributed by atoms with E-state index in [-0.39, 0.29) is 23.7 Å². The zero-order valence-electron chi connectivity index (χ0n) is 12.5. The average Bonchev–Trinajstić information content (AvgIpc) is 2.54. The number of aryl methyl sites for hydroxylation is 1. The monoisotopic (exact) mass is 334 g/mol. The van der Waals surface area contributed by atoms with E-state index < -0.39 is 15.8 Å². The van der Waals surface area contributed by atoms with E-state index in [1.165, 1.54) is 6.07 Å². The third-order valence-electron chi connectivity index (χ3n) is 3.23. The van der Waals surface area contributed by atoms with Crippen LogP contribution in [0.5, 0.6) is 0 Å². The smallest absolute Gasteiger partial charge is 0.354 e. The molecule has 1 heterocycles. The number of benzene rings is 1. The van der Waals surface area contributed by atoms with Gasteiger partial charge in [-0.2, -0.15) is 0 Å². The van der Waals surface area contributed by atoms with Crippen molar-refractivity contribution in [2.75, 3.05) is 23.4 Å². The summed E-state index contributed by atoms with van der Waals surface area (Å²) in [5, 5.41) is 11.7. The van der Waals surface area contributed by atoms with Crippen molar-refractivity contribution >= 4 is 21.6 Å². The van der Waals surface area contributed by atoms with Gasteiger partial charge in [0, 0.05) is 6.54 Å². The second kappa shape index (κ2) is 7.73. The molecule has 0 radical (unpaired) electrons. The van der Waals surface area contributed by atoms with Gasteiger partial charge in [-0.25, -0.2) is 18.2 Å². The molecular weight excluding hydrogens is 316 g/mol. The minimum Gasteiger partial charge on any atom is -0.477 e. The van der Waals surface area contributed by atoms with E-state index in [2.05, 4.69) is 10.3 Å². The molecule has 122 valence electrons. The highest BCUT2D eigenvalue weighted by Gasteiger charge is 2.11. The van der Waals surface area contributed by atoms with Gasteiger partial charge in [0.1, 0.15) is 5.82 Å². The maximum absolute atomic E-state index is 12.0. The summed E-state index contributed by atoms with van der Waals surface area (Å²) in [4.78, 5) is 14.7. The molecule has 0 spiro atoms. The van der Waals surface area contributed by atoms with Gasteiger partial charge in [-0.05, 0) is 24.1 Å². The van der Waals surface area contributed by atoms with Gasteiger partial charge in [-0.1, -0.05) is 36.4 Å². The molecule has 0 saturated carbocycles. The molecule has 0 aliphatic rings. The Balaban J connectivity index is 1.83. The van der Waals surface area contributed by atoms with Crippen LogP contribution in [0.2, 0.25) is 0 Å². The number of anilines is 1. The van der Waals surface area contributed by atoms with Gasteiger partial charge in [0.05, 0.1) is 11.5 Å². The minimum atomic E-state index is -3.18. The highest BCUT2D eigenvalue weighted by atomic mass is 32.2. The highest BCUT2D eigenvalue weighted by Crippen LogP contribution is 2.06. The lowest BCUT2D eigenvalue weighted by molar-refractivity contribution is 0.0690. The Morgan fingerprint density at radius 3 is 2.48 bits per heavy atom. The molecule has 0 fully saturated rings. The van der Waals surface area contributed by atoms with Crippen molar-refractivity contribution in [3.05, 3.63) is 59.8 Å². The van der Waals surface area contributed by atoms with Crippen LogP contribution in [0.4, 0.5) is 5.82 Å². The Kier molecular flexibility index (Phi) is 5.70. The maximum Gasteiger partial charge on any atom is 0.354 e. The quantitative estimate of drug-likeness (QED) is 0.765. The number of carboxylic acids is 1. The molecule has 0 atom stereocenters.